The lowest BCUT2D eigenvalue weighted by Gasteiger charge is -2.13. The molecule has 140 valence electrons. The van der Waals surface area contributed by atoms with Crippen molar-refractivity contribution < 1.29 is 14.6 Å². The number of aliphatic carboxylic acids is 1. The number of rotatable bonds is 8. The summed E-state index contributed by atoms with van der Waals surface area (Å²) in [5, 5.41) is 18.6. The second kappa shape index (κ2) is 8.91. The van der Waals surface area contributed by atoms with Crippen molar-refractivity contribution in [1.29, 1.82) is 0 Å². The van der Waals surface area contributed by atoms with Gasteiger partial charge in [-0.25, -0.2) is 5.10 Å². The number of hydrogen-bond acceptors (Lipinski definition) is 5. The molecule has 0 aliphatic carbocycles. The maximum absolute atomic E-state index is 11.5. The van der Waals surface area contributed by atoms with Crippen LogP contribution in [0.25, 0.3) is 0 Å². The Bertz CT molecular complexity index is 845. The lowest BCUT2D eigenvalue weighted by atomic mass is 10.2. The highest BCUT2D eigenvalue weighted by molar-refractivity contribution is 6.37. The van der Waals surface area contributed by atoms with Crippen LogP contribution in [0.3, 0.4) is 0 Å². The van der Waals surface area contributed by atoms with Crippen LogP contribution in [0.5, 0.6) is 11.6 Å². The minimum Gasteiger partial charge on any atom is -0.481 e. The van der Waals surface area contributed by atoms with E-state index in [-0.39, 0.29) is 33.7 Å². The molecule has 0 spiro atoms. The molecule has 0 amide bonds. The van der Waals surface area contributed by atoms with Crippen molar-refractivity contribution in [2.24, 2.45) is 0 Å². The fraction of sp³-hybridized carbons (Fsp3) is 0.353. The van der Waals surface area contributed by atoms with E-state index in [9.17, 15) is 9.59 Å². The summed E-state index contributed by atoms with van der Waals surface area (Å²) in [4.78, 5) is 22.0. The smallest absolute Gasteiger partial charge is 0.303 e. The third-order valence-corrected chi connectivity index (χ3v) is 4.39. The van der Waals surface area contributed by atoms with Gasteiger partial charge in [0.1, 0.15) is 0 Å². The number of aromatic nitrogens is 2. The normalized spacial score (nSPS) is 10.6. The van der Waals surface area contributed by atoms with Gasteiger partial charge in [0.25, 0.3) is 5.56 Å². The van der Waals surface area contributed by atoms with Crippen LogP contribution in [-0.4, -0.2) is 27.8 Å². The Kier molecular flexibility index (Phi) is 6.88. The highest BCUT2D eigenvalue weighted by atomic mass is 35.5. The first-order chi connectivity index (χ1) is 12.3. The Balaban J connectivity index is 2.08. The minimum absolute atomic E-state index is 0.140. The third kappa shape index (κ3) is 5.12. The Labute approximate surface area is 160 Å². The minimum atomic E-state index is -0.806. The number of ether oxygens (including phenoxy) is 1. The van der Waals surface area contributed by atoms with Gasteiger partial charge >= 0.3 is 5.97 Å². The van der Waals surface area contributed by atoms with Crippen molar-refractivity contribution >= 4 is 34.9 Å². The summed E-state index contributed by atoms with van der Waals surface area (Å²) in [6, 6.07) is 3.32. The van der Waals surface area contributed by atoms with Gasteiger partial charge in [-0.3, -0.25) is 9.59 Å². The zero-order valence-electron chi connectivity index (χ0n) is 14.4. The number of nitrogens with zero attached hydrogens (tertiary/aromatic N) is 1. The van der Waals surface area contributed by atoms with E-state index in [0.29, 0.717) is 36.2 Å². The number of carboxylic acids is 1. The van der Waals surface area contributed by atoms with Crippen molar-refractivity contribution in [3.05, 3.63) is 43.7 Å². The first kappa shape index (κ1) is 20.1. The van der Waals surface area contributed by atoms with E-state index < -0.39 is 5.97 Å². The maximum atomic E-state index is 11.5. The number of anilines is 1. The predicted octanol–water partition coefficient (Wildman–Crippen LogP) is 4.15. The number of benzene rings is 1. The second-order valence-corrected chi connectivity index (χ2v) is 6.57. The average Bonchev–Trinajstić information content (AvgIpc) is 2.57. The first-order valence-electron chi connectivity index (χ1n) is 7.98. The Morgan fingerprint density at radius 2 is 1.88 bits per heavy atom. The number of hydrogen-bond donors (Lipinski definition) is 3. The van der Waals surface area contributed by atoms with Crippen molar-refractivity contribution in [2.45, 2.75) is 33.1 Å². The average molecular weight is 400 g/mol. The highest BCUT2D eigenvalue weighted by Crippen LogP contribution is 2.39. The van der Waals surface area contributed by atoms with Crippen LogP contribution in [0.15, 0.2) is 16.9 Å². The van der Waals surface area contributed by atoms with Gasteiger partial charge in [0, 0.05) is 29.8 Å². The fourth-order valence-corrected chi connectivity index (χ4v) is 2.75. The van der Waals surface area contributed by atoms with E-state index in [4.69, 9.17) is 33.0 Å². The van der Waals surface area contributed by atoms with Crippen molar-refractivity contribution in [2.75, 3.05) is 11.9 Å². The molecule has 0 radical (unpaired) electrons. The van der Waals surface area contributed by atoms with E-state index in [2.05, 4.69) is 15.5 Å². The summed E-state index contributed by atoms with van der Waals surface area (Å²) >= 11 is 12.5. The van der Waals surface area contributed by atoms with Crippen LogP contribution in [-0.2, 0) is 4.79 Å². The lowest BCUT2D eigenvalue weighted by molar-refractivity contribution is -0.137. The molecule has 0 aliphatic rings. The predicted molar refractivity (Wildman–Crippen MR) is 101 cm³/mol. The SMILES string of the molecule is Cc1c(Oc2c(Cl)cc(NCCCCC(=O)O)cc2Cl)n[nH]c(=O)c1C. The molecule has 3 N–H and O–H groups in total. The van der Waals surface area contributed by atoms with E-state index >= 15 is 0 Å². The van der Waals surface area contributed by atoms with E-state index in [1.165, 1.54) is 0 Å². The molecule has 0 aliphatic heterocycles. The van der Waals surface area contributed by atoms with Crippen molar-refractivity contribution in [3.8, 4) is 11.6 Å². The van der Waals surface area contributed by atoms with E-state index in [0.717, 1.165) is 0 Å². The molecule has 0 bridgehead atoms. The summed E-state index contributed by atoms with van der Waals surface area (Å²) in [6.07, 6.45) is 1.43. The summed E-state index contributed by atoms with van der Waals surface area (Å²) in [6.45, 7) is 3.99. The van der Waals surface area contributed by atoms with Gasteiger partial charge in [0.05, 0.1) is 10.0 Å². The Morgan fingerprint density at radius 1 is 1.23 bits per heavy atom. The van der Waals surface area contributed by atoms with Gasteiger partial charge in [0.2, 0.25) is 5.88 Å². The third-order valence-electron chi connectivity index (χ3n) is 3.83. The maximum Gasteiger partial charge on any atom is 0.303 e. The van der Waals surface area contributed by atoms with Gasteiger partial charge in [-0.1, -0.05) is 23.2 Å². The zero-order chi connectivity index (χ0) is 19.3. The fourth-order valence-electron chi connectivity index (χ4n) is 2.19. The molecule has 7 nitrogen and oxygen atoms in total. The number of nitrogens with one attached hydrogen (secondary N) is 2. The molecule has 1 aromatic heterocycles. The molecular formula is C17H19Cl2N3O4. The molecule has 9 heteroatoms. The first-order valence-corrected chi connectivity index (χ1v) is 8.73. The summed E-state index contributed by atoms with van der Waals surface area (Å²) in [5.41, 5.74) is 1.52. The van der Waals surface area contributed by atoms with Crippen LogP contribution in [0.4, 0.5) is 5.69 Å². The van der Waals surface area contributed by atoms with Crippen LogP contribution < -0.4 is 15.6 Å². The molecule has 1 aromatic carbocycles. The van der Waals surface area contributed by atoms with Crippen LogP contribution in [0.1, 0.15) is 30.4 Å². The van der Waals surface area contributed by atoms with Crippen LogP contribution in [0, 0.1) is 13.8 Å². The number of H-pyrrole nitrogens is 1. The molecule has 0 atom stereocenters. The highest BCUT2D eigenvalue weighted by Gasteiger charge is 2.15. The summed E-state index contributed by atoms with van der Waals surface area (Å²) in [7, 11) is 0. The standard InChI is InChI=1S/C17H19Cl2N3O4/c1-9-10(2)17(22-21-16(9)25)26-15-12(18)7-11(8-13(15)19)20-6-4-3-5-14(23)24/h7-8,20H,3-6H2,1-2H3,(H,21,25)(H,23,24). The lowest BCUT2D eigenvalue weighted by Crippen LogP contribution is -2.14. The summed E-state index contributed by atoms with van der Waals surface area (Å²) < 4.78 is 5.69. The van der Waals surface area contributed by atoms with Gasteiger partial charge in [0.15, 0.2) is 5.75 Å². The van der Waals surface area contributed by atoms with Crippen molar-refractivity contribution in [3.63, 3.8) is 0 Å². The zero-order valence-corrected chi connectivity index (χ0v) is 15.9. The molecular weight excluding hydrogens is 381 g/mol. The quantitative estimate of drug-likeness (QED) is 0.575. The Hall–Kier alpha value is -2.25. The van der Waals surface area contributed by atoms with Gasteiger partial charge in [-0.2, -0.15) is 0 Å². The molecule has 1 heterocycles. The summed E-state index contributed by atoms with van der Waals surface area (Å²) in [5.74, 6) is -0.342. The van der Waals surface area contributed by atoms with E-state index in [1.54, 1.807) is 26.0 Å². The van der Waals surface area contributed by atoms with Gasteiger partial charge < -0.3 is 15.2 Å². The molecule has 0 fully saturated rings. The van der Waals surface area contributed by atoms with Crippen LogP contribution in [0.2, 0.25) is 10.0 Å². The molecule has 26 heavy (non-hydrogen) atoms. The Morgan fingerprint density at radius 3 is 2.50 bits per heavy atom. The van der Waals surface area contributed by atoms with Gasteiger partial charge in [-0.05, 0) is 38.8 Å². The van der Waals surface area contributed by atoms with Crippen LogP contribution >= 0.6 is 23.2 Å². The number of unbranched alkanes of at least 4 members (excludes halogenated alkanes) is 1. The molecule has 2 rings (SSSR count). The largest absolute Gasteiger partial charge is 0.481 e. The molecule has 2 aromatic rings. The number of halogens is 2. The second-order valence-electron chi connectivity index (χ2n) is 5.76. The number of carbonyl (C=O) groups is 1. The van der Waals surface area contributed by atoms with E-state index in [1.807, 2.05) is 0 Å². The molecule has 0 saturated heterocycles. The molecule has 0 saturated carbocycles. The van der Waals surface area contributed by atoms with Crippen molar-refractivity contribution in [1.82, 2.24) is 10.2 Å². The molecule has 0 unspecified atom stereocenters. The number of carboxylic acid groups (broad SMARTS) is 1. The number of aromatic amines is 1. The monoisotopic (exact) mass is 399 g/mol. The van der Waals surface area contributed by atoms with Gasteiger partial charge in [-0.15, -0.1) is 5.10 Å². The topological polar surface area (TPSA) is 104 Å².